The van der Waals surface area contributed by atoms with Crippen LogP contribution >= 0.6 is 0 Å². The molecule has 0 radical (unpaired) electrons. The summed E-state index contributed by atoms with van der Waals surface area (Å²) in [4.78, 5) is 8.55. The summed E-state index contributed by atoms with van der Waals surface area (Å²) in [5.41, 5.74) is 3.79. The highest BCUT2D eigenvalue weighted by molar-refractivity contribution is 5.48. The average molecular weight is 257 g/mol. The van der Waals surface area contributed by atoms with Crippen LogP contribution in [0, 0.1) is 6.92 Å². The summed E-state index contributed by atoms with van der Waals surface area (Å²) >= 11 is 0. The van der Waals surface area contributed by atoms with Crippen LogP contribution in [0.1, 0.15) is 30.8 Å². The summed E-state index contributed by atoms with van der Waals surface area (Å²) in [5, 5.41) is 3.41. The number of anilines is 2. The zero-order valence-electron chi connectivity index (χ0n) is 11.2. The van der Waals surface area contributed by atoms with Crippen molar-refractivity contribution in [3.63, 3.8) is 0 Å². The topological polar surface area (TPSA) is 75.9 Å². The maximum atomic E-state index is 5.39. The van der Waals surface area contributed by atoms with Gasteiger partial charge in [-0.1, -0.05) is 37.3 Å². The molecule has 5 heteroatoms. The number of hydrazine groups is 1. The lowest BCUT2D eigenvalue weighted by Crippen LogP contribution is -2.14. The quantitative estimate of drug-likeness (QED) is 0.567. The first kappa shape index (κ1) is 13.3. The molecule has 0 saturated carbocycles. The van der Waals surface area contributed by atoms with Crippen molar-refractivity contribution in [1.29, 1.82) is 0 Å². The van der Waals surface area contributed by atoms with E-state index in [0.717, 1.165) is 12.2 Å². The molecule has 0 aliphatic heterocycles. The lowest BCUT2D eigenvalue weighted by molar-refractivity contribution is 0.742. The third kappa shape index (κ3) is 3.42. The number of nitrogen functional groups attached to an aromatic ring is 1. The van der Waals surface area contributed by atoms with Crippen molar-refractivity contribution in [3.05, 3.63) is 47.8 Å². The molecule has 0 aliphatic rings. The van der Waals surface area contributed by atoms with Crippen LogP contribution in [0.5, 0.6) is 0 Å². The monoisotopic (exact) mass is 257 g/mol. The number of rotatable bonds is 5. The third-order valence-electron chi connectivity index (χ3n) is 2.92. The lowest BCUT2D eigenvalue weighted by Gasteiger charge is -2.18. The van der Waals surface area contributed by atoms with Crippen LogP contribution in [-0.2, 0) is 0 Å². The van der Waals surface area contributed by atoms with Crippen molar-refractivity contribution in [2.75, 3.05) is 10.7 Å². The Morgan fingerprint density at radius 2 is 1.84 bits per heavy atom. The second kappa shape index (κ2) is 6.15. The van der Waals surface area contributed by atoms with Crippen molar-refractivity contribution in [1.82, 2.24) is 9.97 Å². The van der Waals surface area contributed by atoms with Crippen LogP contribution in [0.2, 0.25) is 0 Å². The fourth-order valence-electron chi connectivity index (χ4n) is 2.00. The molecule has 0 amide bonds. The van der Waals surface area contributed by atoms with Gasteiger partial charge in [-0.05, 0) is 18.9 Å². The Labute approximate surface area is 113 Å². The average Bonchev–Trinajstić information content (AvgIpc) is 2.45. The van der Waals surface area contributed by atoms with Gasteiger partial charge >= 0.3 is 0 Å². The summed E-state index contributed by atoms with van der Waals surface area (Å²) in [6.07, 6.45) is 0.971. The molecule has 0 aliphatic carbocycles. The Hall–Kier alpha value is -2.14. The molecule has 0 bridgehead atoms. The first-order valence-corrected chi connectivity index (χ1v) is 6.36. The highest BCUT2D eigenvalue weighted by Gasteiger charge is 2.10. The Morgan fingerprint density at radius 3 is 2.47 bits per heavy atom. The molecule has 0 spiro atoms. The second-order valence-electron chi connectivity index (χ2n) is 4.35. The SMILES string of the molecule is CCC(Nc1cc(NN)nc(C)n1)c1ccccc1. The van der Waals surface area contributed by atoms with Crippen LogP contribution in [0.25, 0.3) is 0 Å². The number of hydrogen-bond donors (Lipinski definition) is 3. The minimum Gasteiger partial charge on any atom is -0.363 e. The molecule has 1 aromatic carbocycles. The number of nitrogens with two attached hydrogens (primary N) is 1. The first-order valence-electron chi connectivity index (χ1n) is 6.36. The zero-order valence-corrected chi connectivity index (χ0v) is 11.2. The molecule has 100 valence electrons. The van der Waals surface area contributed by atoms with E-state index in [1.165, 1.54) is 5.56 Å². The molecule has 2 rings (SSSR count). The van der Waals surface area contributed by atoms with Crippen LogP contribution in [-0.4, -0.2) is 9.97 Å². The molecule has 1 heterocycles. The Morgan fingerprint density at radius 1 is 1.16 bits per heavy atom. The van der Waals surface area contributed by atoms with E-state index in [4.69, 9.17) is 5.84 Å². The van der Waals surface area contributed by atoms with E-state index in [1.807, 2.05) is 25.1 Å². The minimum atomic E-state index is 0.223. The van der Waals surface area contributed by atoms with Crippen molar-refractivity contribution < 1.29 is 0 Å². The standard InChI is InChI=1S/C14H19N5/c1-3-12(11-7-5-4-6-8-11)18-13-9-14(19-15)17-10(2)16-13/h4-9,12H,3,15H2,1-2H3,(H2,16,17,18,19). The molecule has 1 unspecified atom stereocenters. The van der Waals surface area contributed by atoms with Crippen LogP contribution in [0.3, 0.4) is 0 Å². The van der Waals surface area contributed by atoms with Gasteiger partial charge in [-0.15, -0.1) is 0 Å². The van der Waals surface area contributed by atoms with E-state index in [-0.39, 0.29) is 6.04 Å². The summed E-state index contributed by atoms with van der Waals surface area (Å²) in [6.45, 7) is 3.98. The number of aryl methyl sites for hydroxylation is 1. The van der Waals surface area contributed by atoms with Crippen LogP contribution in [0.4, 0.5) is 11.6 Å². The van der Waals surface area contributed by atoms with Gasteiger partial charge in [0.1, 0.15) is 17.5 Å². The number of hydrogen-bond acceptors (Lipinski definition) is 5. The molecule has 1 atom stereocenters. The normalized spacial score (nSPS) is 11.9. The third-order valence-corrected chi connectivity index (χ3v) is 2.92. The predicted octanol–water partition coefficient (Wildman–Crippen LogP) is 2.63. The fourth-order valence-corrected chi connectivity index (χ4v) is 2.00. The highest BCUT2D eigenvalue weighted by Crippen LogP contribution is 2.22. The van der Waals surface area contributed by atoms with Crippen LogP contribution in [0.15, 0.2) is 36.4 Å². The first-order chi connectivity index (χ1) is 9.22. The summed E-state index contributed by atoms with van der Waals surface area (Å²) in [5.74, 6) is 7.46. The van der Waals surface area contributed by atoms with Gasteiger partial charge in [0, 0.05) is 6.07 Å². The van der Waals surface area contributed by atoms with E-state index in [0.29, 0.717) is 11.6 Å². The molecular weight excluding hydrogens is 238 g/mol. The maximum Gasteiger partial charge on any atom is 0.145 e. The van der Waals surface area contributed by atoms with Crippen molar-refractivity contribution in [3.8, 4) is 0 Å². The van der Waals surface area contributed by atoms with Crippen LogP contribution < -0.4 is 16.6 Å². The Kier molecular flexibility index (Phi) is 4.30. The van der Waals surface area contributed by atoms with Gasteiger partial charge in [0.05, 0.1) is 6.04 Å². The molecule has 19 heavy (non-hydrogen) atoms. The second-order valence-corrected chi connectivity index (χ2v) is 4.35. The van der Waals surface area contributed by atoms with Gasteiger partial charge in [0.25, 0.3) is 0 Å². The van der Waals surface area contributed by atoms with Gasteiger partial charge < -0.3 is 10.7 Å². The van der Waals surface area contributed by atoms with E-state index in [9.17, 15) is 0 Å². The molecule has 0 saturated heterocycles. The smallest absolute Gasteiger partial charge is 0.145 e. The molecule has 2 aromatic rings. The van der Waals surface area contributed by atoms with Crippen molar-refractivity contribution in [2.45, 2.75) is 26.3 Å². The largest absolute Gasteiger partial charge is 0.363 e. The molecule has 4 N–H and O–H groups in total. The van der Waals surface area contributed by atoms with E-state index in [2.05, 4.69) is 39.8 Å². The van der Waals surface area contributed by atoms with Gasteiger partial charge in [0.2, 0.25) is 0 Å². The van der Waals surface area contributed by atoms with E-state index < -0.39 is 0 Å². The van der Waals surface area contributed by atoms with E-state index >= 15 is 0 Å². The molecule has 1 aromatic heterocycles. The van der Waals surface area contributed by atoms with Crippen molar-refractivity contribution in [2.24, 2.45) is 5.84 Å². The summed E-state index contributed by atoms with van der Waals surface area (Å²) < 4.78 is 0. The Bertz CT molecular complexity index is 527. The lowest BCUT2D eigenvalue weighted by atomic mass is 10.0. The maximum absolute atomic E-state index is 5.39. The fraction of sp³-hybridized carbons (Fsp3) is 0.286. The number of nitrogens with zero attached hydrogens (tertiary/aromatic N) is 2. The van der Waals surface area contributed by atoms with E-state index in [1.54, 1.807) is 6.07 Å². The zero-order chi connectivity index (χ0) is 13.7. The summed E-state index contributed by atoms with van der Waals surface area (Å²) in [7, 11) is 0. The highest BCUT2D eigenvalue weighted by atomic mass is 15.3. The molecule has 5 nitrogen and oxygen atoms in total. The van der Waals surface area contributed by atoms with Gasteiger partial charge in [-0.2, -0.15) is 0 Å². The summed E-state index contributed by atoms with van der Waals surface area (Å²) in [6, 6.07) is 12.3. The van der Waals surface area contributed by atoms with Gasteiger partial charge in [0.15, 0.2) is 0 Å². The Balaban J connectivity index is 2.21. The number of aromatic nitrogens is 2. The van der Waals surface area contributed by atoms with Gasteiger partial charge in [-0.3, -0.25) is 0 Å². The predicted molar refractivity (Wildman–Crippen MR) is 77.7 cm³/mol. The number of nitrogens with one attached hydrogen (secondary N) is 2. The minimum absolute atomic E-state index is 0.223. The molecule has 0 fully saturated rings. The van der Waals surface area contributed by atoms with Gasteiger partial charge in [-0.25, -0.2) is 15.8 Å². The molecular formula is C14H19N5. The number of benzene rings is 1. The van der Waals surface area contributed by atoms with Crippen molar-refractivity contribution >= 4 is 11.6 Å².